The molecule has 1 fully saturated rings. The lowest BCUT2D eigenvalue weighted by Crippen LogP contribution is -2.32. The fourth-order valence-electron chi connectivity index (χ4n) is 2.12. The lowest BCUT2D eigenvalue weighted by atomic mass is 9.82. The third kappa shape index (κ3) is 2.09. The zero-order valence-electron chi connectivity index (χ0n) is 10.2. The summed E-state index contributed by atoms with van der Waals surface area (Å²) in [4.78, 5) is 8.36. The highest BCUT2D eigenvalue weighted by Gasteiger charge is 2.40. The SMILES string of the molecule is N#CC1(c2nc(-c3cccnc3)no2)CCOCC1. The normalized spacial score (nSPS) is 17.8. The van der Waals surface area contributed by atoms with E-state index in [4.69, 9.17) is 9.26 Å². The predicted molar refractivity (Wildman–Crippen MR) is 64.9 cm³/mol. The van der Waals surface area contributed by atoms with E-state index in [0.717, 1.165) is 5.56 Å². The number of nitriles is 1. The van der Waals surface area contributed by atoms with Crippen LogP contribution in [-0.4, -0.2) is 28.3 Å². The third-order valence-corrected chi connectivity index (χ3v) is 3.32. The van der Waals surface area contributed by atoms with Gasteiger partial charge >= 0.3 is 0 Å². The first-order chi connectivity index (χ1) is 9.34. The minimum Gasteiger partial charge on any atom is -0.381 e. The monoisotopic (exact) mass is 256 g/mol. The molecule has 1 aliphatic rings. The first-order valence-corrected chi connectivity index (χ1v) is 6.08. The number of ether oxygens (including phenoxy) is 1. The van der Waals surface area contributed by atoms with E-state index < -0.39 is 5.41 Å². The number of rotatable bonds is 2. The largest absolute Gasteiger partial charge is 0.381 e. The second-order valence-corrected chi connectivity index (χ2v) is 4.47. The summed E-state index contributed by atoms with van der Waals surface area (Å²) in [6.45, 7) is 1.08. The van der Waals surface area contributed by atoms with Crippen LogP contribution in [0.15, 0.2) is 29.0 Å². The van der Waals surface area contributed by atoms with E-state index in [2.05, 4.69) is 21.2 Å². The van der Waals surface area contributed by atoms with Crippen molar-refractivity contribution < 1.29 is 9.26 Å². The molecule has 96 valence electrons. The summed E-state index contributed by atoms with van der Waals surface area (Å²) >= 11 is 0. The number of pyridine rings is 1. The van der Waals surface area contributed by atoms with Crippen molar-refractivity contribution in [2.24, 2.45) is 0 Å². The van der Waals surface area contributed by atoms with Gasteiger partial charge in [-0.15, -0.1) is 0 Å². The fraction of sp³-hybridized carbons (Fsp3) is 0.385. The van der Waals surface area contributed by atoms with Gasteiger partial charge in [-0.05, 0) is 25.0 Å². The Bertz CT molecular complexity index is 597. The average molecular weight is 256 g/mol. The van der Waals surface area contributed by atoms with Gasteiger partial charge in [0.1, 0.15) is 5.41 Å². The topological polar surface area (TPSA) is 84.8 Å². The highest BCUT2D eigenvalue weighted by atomic mass is 16.5. The van der Waals surface area contributed by atoms with Crippen molar-refractivity contribution >= 4 is 0 Å². The van der Waals surface area contributed by atoms with E-state index in [9.17, 15) is 5.26 Å². The van der Waals surface area contributed by atoms with Gasteiger partial charge in [0.15, 0.2) is 0 Å². The van der Waals surface area contributed by atoms with Crippen molar-refractivity contribution in [1.29, 1.82) is 5.26 Å². The number of aromatic nitrogens is 3. The van der Waals surface area contributed by atoms with Crippen molar-refractivity contribution in [3.63, 3.8) is 0 Å². The Morgan fingerprint density at radius 3 is 2.84 bits per heavy atom. The zero-order chi connectivity index (χ0) is 13.1. The molecular formula is C13H12N4O2. The van der Waals surface area contributed by atoms with E-state index in [-0.39, 0.29) is 0 Å². The molecule has 19 heavy (non-hydrogen) atoms. The van der Waals surface area contributed by atoms with Crippen molar-refractivity contribution in [2.45, 2.75) is 18.3 Å². The molecule has 3 rings (SSSR count). The second kappa shape index (κ2) is 4.78. The fourth-order valence-corrected chi connectivity index (χ4v) is 2.12. The van der Waals surface area contributed by atoms with Gasteiger partial charge in [0, 0.05) is 31.2 Å². The van der Waals surface area contributed by atoms with Gasteiger partial charge in [-0.25, -0.2) is 0 Å². The van der Waals surface area contributed by atoms with Gasteiger partial charge in [-0.1, -0.05) is 5.16 Å². The smallest absolute Gasteiger partial charge is 0.247 e. The quantitative estimate of drug-likeness (QED) is 0.813. The molecule has 0 radical (unpaired) electrons. The lowest BCUT2D eigenvalue weighted by Gasteiger charge is -2.26. The summed E-state index contributed by atoms with van der Waals surface area (Å²) in [5, 5.41) is 13.4. The Hall–Kier alpha value is -2.26. The molecule has 6 nitrogen and oxygen atoms in total. The second-order valence-electron chi connectivity index (χ2n) is 4.47. The summed E-state index contributed by atoms with van der Waals surface area (Å²) in [7, 11) is 0. The van der Waals surface area contributed by atoms with Crippen LogP contribution in [-0.2, 0) is 10.2 Å². The highest BCUT2D eigenvalue weighted by Crippen LogP contribution is 2.33. The number of hydrogen-bond donors (Lipinski definition) is 0. The van der Waals surface area contributed by atoms with Gasteiger partial charge in [-0.3, -0.25) is 4.98 Å². The molecule has 0 saturated carbocycles. The van der Waals surface area contributed by atoms with Gasteiger partial charge in [0.05, 0.1) is 6.07 Å². The molecule has 6 heteroatoms. The Balaban J connectivity index is 1.95. The van der Waals surface area contributed by atoms with Crippen LogP contribution >= 0.6 is 0 Å². The van der Waals surface area contributed by atoms with Gasteiger partial charge < -0.3 is 9.26 Å². The van der Waals surface area contributed by atoms with E-state index >= 15 is 0 Å². The maximum Gasteiger partial charge on any atom is 0.247 e. The first-order valence-electron chi connectivity index (χ1n) is 6.08. The molecule has 0 aromatic carbocycles. The van der Waals surface area contributed by atoms with E-state index in [1.807, 2.05) is 6.07 Å². The van der Waals surface area contributed by atoms with Crippen molar-refractivity contribution in [3.8, 4) is 17.5 Å². The predicted octanol–water partition coefficient (Wildman–Crippen LogP) is 1.70. The minimum absolute atomic E-state index is 0.372. The molecule has 0 N–H and O–H groups in total. The number of hydrogen-bond acceptors (Lipinski definition) is 6. The molecule has 0 aliphatic carbocycles. The molecule has 1 aliphatic heterocycles. The Morgan fingerprint density at radius 1 is 1.32 bits per heavy atom. The molecule has 0 amide bonds. The Kier molecular flexibility index (Phi) is 2.97. The van der Waals surface area contributed by atoms with E-state index in [1.54, 1.807) is 18.5 Å². The van der Waals surface area contributed by atoms with Gasteiger partial charge in [0.2, 0.25) is 11.7 Å². The van der Waals surface area contributed by atoms with Crippen LogP contribution in [0.5, 0.6) is 0 Å². The zero-order valence-corrected chi connectivity index (χ0v) is 10.2. The van der Waals surface area contributed by atoms with Crippen molar-refractivity contribution in [2.75, 3.05) is 13.2 Å². The van der Waals surface area contributed by atoms with Crippen LogP contribution in [0.4, 0.5) is 0 Å². The molecule has 2 aromatic rings. The summed E-state index contributed by atoms with van der Waals surface area (Å²) in [6, 6.07) is 5.96. The lowest BCUT2D eigenvalue weighted by molar-refractivity contribution is 0.0574. The minimum atomic E-state index is -0.717. The summed E-state index contributed by atoms with van der Waals surface area (Å²) in [5.74, 6) is 0.835. The summed E-state index contributed by atoms with van der Waals surface area (Å²) in [6.07, 6.45) is 4.51. The Morgan fingerprint density at radius 2 is 2.16 bits per heavy atom. The number of nitrogens with zero attached hydrogens (tertiary/aromatic N) is 4. The van der Waals surface area contributed by atoms with Crippen LogP contribution in [0.2, 0.25) is 0 Å². The molecule has 0 bridgehead atoms. The van der Waals surface area contributed by atoms with E-state index in [1.165, 1.54) is 0 Å². The average Bonchev–Trinajstić information content (AvgIpc) is 2.99. The molecule has 1 saturated heterocycles. The van der Waals surface area contributed by atoms with Crippen molar-refractivity contribution in [1.82, 2.24) is 15.1 Å². The van der Waals surface area contributed by atoms with Crippen LogP contribution in [0.3, 0.4) is 0 Å². The standard InChI is InChI=1S/C13H12N4O2/c14-9-13(3-6-18-7-4-13)12-16-11(17-19-12)10-2-1-5-15-8-10/h1-2,5,8H,3-4,6-7H2. The maximum atomic E-state index is 9.43. The van der Waals surface area contributed by atoms with Gasteiger partial charge in [-0.2, -0.15) is 10.2 Å². The maximum absolute atomic E-state index is 9.43. The Labute approximate surface area is 110 Å². The first kappa shape index (κ1) is 11.8. The molecule has 0 unspecified atom stereocenters. The molecule has 0 atom stereocenters. The van der Waals surface area contributed by atoms with Crippen molar-refractivity contribution in [3.05, 3.63) is 30.4 Å². The van der Waals surface area contributed by atoms with Crippen LogP contribution in [0.1, 0.15) is 18.7 Å². The molecular weight excluding hydrogens is 244 g/mol. The highest BCUT2D eigenvalue weighted by molar-refractivity contribution is 5.52. The summed E-state index contributed by atoms with van der Waals surface area (Å²) in [5.41, 5.74) is 0.0590. The van der Waals surface area contributed by atoms with Crippen LogP contribution < -0.4 is 0 Å². The third-order valence-electron chi connectivity index (χ3n) is 3.32. The van der Waals surface area contributed by atoms with Gasteiger partial charge in [0.25, 0.3) is 0 Å². The van der Waals surface area contributed by atoms with E-state index in [0.29, 0.717) is 37.8 Å². The van der Waals surface area contributed by atoms with Crippen LogP contribution in [0, 0.1) is 11.3 Å². The molecule has 3 heterocycles. The summed E-state index contributed by atoms with van der Waals surface area (Å²) < 4.78 is 10.6. The molecule has 2 aromatic heterocycles. The van der Waals surface area contributed by atoms with Crippen LogP contribution in [0.25, 0.3) is 11.4 Å². The molecule has 0 spiro atoms.